The van der Waals surface area contributed by atoms with Crippen LogP contribution in [0.25, 0.3) is 0 Å². The minimum absolute atomic E-state index is 0.0593. The van der Waals surface area contributed by atoms with Gasteiger partial charge in [-0.3, -0.25) is 4.79 Å². The van der Waals surface area contributed by atoms with Gasteiger partial charge in [-0.2, -0.15) is 0 Å². The molecule has 0 spiro atoms. The molecule has 1 aliphatic rings. The molecular formula is C18H25N3O3. The van der Waals surface area contributed by atoms with Crippen molar-refractivity contribution in [1.29, 1.82) is 0 Å². The Labute approximate surface area is 142 Å². The van der Waals surface area contributed by atoms with E-state index in [2.05, 4.69) is 9.55 Å². The van der Waals surface area contributed by atoms with Crippen molar-refractivity contribution in [2.45, 2.75) is 39.2 Å². The average molecular weight is 331 g/mol. The molecule has 0 saturated carbocycles. The van der Waals surface area contributed by atoms with Gasteiger partial charge in [0.1, 0.15) is 17.3 Å². The third-order valence-corrected chi connectivity index (χ3v) is 4.63. The lowest BCUT2D eigenvalue weighted by molar-refractivity contribution is 0.0700. The molecule has 0 radical (unpaired) electrons. The van der Waals surface area contributed by atoms with Crippen LogP contribution in [0.1, 0.15) is 46.5 Å². The van der Waals surface area contributed by atoms with Gasteiger partial charge in [0.15, 0.2) is 0 Å². The van der Waals surface area contributed by atoms with Gasteiger partial charge in [-0.1, -0.05) is 0 Å². The summed E-state index contributed by atoms with van der Waals surface area (Å²) in [7, 11) is 1.70. The molecule has 0 aliphatic carbocycles. The van der Waals surface area contributed by atoms with E-state index >= 15 is 0 Å². The summed E-state index contributed by atoms with van der Waals surface area (Å²) < 4.78 is 12.8. The Morgan fingerprint density at radius 3 is 3.00 bits per heavy atom. The molecule has 6 heteroatoms. The van der Waals surface area contributed by atoms with Crippen LogP contribution in [0.4, 0.5) is 0 Å². The first-order valence-corrected chi connectivity index (χ1v) is 8.46. The van der Waals surface area contributed by atoms with Gasteiger partial charge in [-0.15, -0.1) is 0 Å². The molecule has 0 N–H and O–H groups in total. The van der Waals surface area contributed by atoms with Gasteiger partial charge < -0.3 is 18.6 Å². The second kappa shape index (κ2) is 7.21. The van der Waals surface area contributed by atoms with E-state index in [-0.39, 0.29) is 11.8 Å². The molecule has 130 valence electrons. The fraction of sp³-hybridized carbons (Fsp3) is 0.556. The van der Waals surface area contributed by atoms with Crippen molar-refractivity contribution >= 4 is 5.91 Å². The predicted octanol–water partition coefficient (Wildman–Crippen LogP) is 2.76. The molecule has 6 nitrogen and oxygen atoms in total. The van der Waals surface area contributed by atoms with Crippen molar-refractivity contribution in [2.75, 3.05) is 26.8 Å². The number of hydrogen-bond donors (Lipinski definition) is 0. The number of piperidine rings is 1. The molecule has 1 saturated heterocycles. The van der Waals surface area contributed by atoms with Crippen LogP contribution in [-0.4, -0.2) is 47.2 Å². The van der Waals surface area contributed by atoms with Gasteiger partial charge in [0.25, 0.3) is 5.91 Å². The second-order valence-electron chi connectivity index (χ2n) is 6.39. The second-order valence-corrected chi connectivity index (χ2v) is 6.39. The summed E-state index contributed by atoms with van der Waals surface area (Å²) in [6.45, 7) is 6.65. The Hall–Kier alpha value is -2.08. The van der Waals surface area contributed by atoms with Crippen LogP contribution in [-0.2, 0) is 11.3 Å². The average Bonchev–Trinajstić information content (AvgIpc) is 3.18. The minimum Gasteiger partial charge on any atom is -0.466 e. The maximum absolute atomic E-state index is 12.8. The monoisotopic (exact) mass is 331 g/mol. The molecule has 1 unspecified atom stereocenters. The summed E-state index contributed by atoms with van der Waals surface area (Å²) in [6, 6.07) is 1.83. The number of nitrogens with zero attached hydrogens (tertiary/aromatic N) is 3. The Bertz CT molecular complexity index is 704. The number of hydrogen-bond acceptors (Lipinski definition) is 4. The van der Waals surface area contributed by atoms with Gasteiger partial charge in [0, 0.05) is 45.1 Å². The zero-order valence-electron chi connectivity index (χ0n) is 14.6. The summed E-state index contributed by atoms with van der Waals surface area (Å²) in [6.07, 6.45) is 5.86. The summed E-state index contributed by atoms with van der Waals surface area (Å²) in [4.78, 5) is 19.3. The van der Waals surface area contributed by atoms with Gasteiger partial charge in [-0.05, 0) is 32.8 Å². The topological polar surface area (TPSA) is 60.5 Å². The van der Waals surface area contributed by atoms with E-state index in [4.69, 9.17) is 9.15 Å². The lowest BCUT2D eigenvalue weighted by Crippen LogP contribution is -2.40. The summed E-state index contributed by atoms with van der Waals surface area (Å²) in [5.41, 5.74) is 0.677. The highest BCUT2D eigenvalue weighted by molar-refractivity contribution is 5.95. The number of aromatic nitrogens is 2. The van der Waals surface area contributed by atoms with E-state index in [9.17, 15) is 4.79 Å². The van der Waals surface area contributed by atoms with Gasteiger partial charge in [0.2, 0.25) is 0 Å². The zero-order chi connectivity index (χ0) is 17.1. The van der Waals surface area contributed by atoms with Crippen LogP contribution >= 0.6 is 0 Å². The highest BCUT2D eigenvalue weighted by Crippen LogP contribution is 2.27. The van der Waals surface area contributed by atoms with Crippen molar-refractivity contribution in [3.8, 4) is 0 Å². The van der Waals surface area contributed by atoms with E-state index in [1.54, 1.807) is 7.11 Å². The van der Waals surface area contributed by atoms with E-state index in [1.807, 2.05) is 37.2 Å². The van der Waals surface area contributed by atoms with E-state index in [1.165, 1.54) is 0 Å². The van der Waals surface area contributed by atoms with Crippen molar-refractivity contribution in [3.63, 3.8) is 0 Å². The van der Waals surface area contributed by atoms with Crippen molar-refractivity contribution < 1.29 is 13.9 Å². The first-order chi connectivity index (χ1) is 11.6. The number of likely N-dealkylation sites (tertiary alicyclic amines) is 1. The number of amides is 1. The molecule has 0 bridgehead atoms. The van der Waals surface area contributed by atoms with Crippen LogP contribution in [0, 0.1) is 13.8 Å². The summed E-state index contributed by atoms with van der Waals surface area (Å²) in [5, 5.41) is 0. The first kappa shape index (κ1) is 16.8. The maximum Gasteiger partial charge on any atom is 0.257 e. The molecule has 2 aromatic rings. The van der Waals surface area contributed by atoms with Crippen LogP contribution in [0.3, 0.4) is 0 Å². The molecule has 3 heterocycles. The van der Waals surface area contributed by atoms with Crippen LogP contribution in [0.5, 0.6) is 0 Å². The number of methoxy groups -OCH3 is 1. The Morgan fingerprint density at radius 1 is 1.46 bits per heavy atom. The normalized spacial score (nSPS) is 18.1. The number of furan rings is 1. The van der Waals surface area contributed by atoms with Crippen molar-refractivity contribution in [3.05, 3.63) is 41.4 Å². The molecule has 1 atom stereocenters. The third kappa shape index (κ3) is 3.38. The number of carbonyl (C=O) groups excluding carboxylic acids is 1. The highest BCUT2D eigenvalue weighted by atomic mass is 16.5. The van der Waals surface area contributed by atoms with Crippen molar-refractivity contribution in [1.82, 2.24) is 14.5 Å². The van der Waals surface area contributed by atoms with Crippen LogP contribution in [0.15, 0.2) is 22.9 Å². The van der Waals surface area contributed by atoms with E-state index in [0.717, 1.165) is 37.5 Å². The predicted molar refractivity (Wildman–Crippen MR) is 90.2 cm³/mol. The highest BCUT2D eigenvalue weighted by Gasteiger charge is 2.29. The Morgan fingerprint density at radius 2 is 2.29 bits per heavy atom. The smallest absolute Gasteiger partial charge is 0.257 e. The largest absolute Gasteiger partial charge is 0.466 e. The molecule has 1 fully saturated rings. The molecule has 24 heavy (non-hydrogen) atoms. The fourth-order valence-corrected chi connectivity index (χ4v) is 3.45. The molecule has 1 aliphatic heterocycles. The molecule has 1 amide bonds. The van der Waals surface area contributed by atoms with Crippen LogP contribution in [0.2, 0.25) is 0 Å². The Balaban J connectivity index is 1.74. The molecular weight excluding hydrogens is 306 g/mol. The first-order valence-electron chi connectivity index (χ1n) is 8.46. The van der Waals surface area contributed by atoms with Crippen molar-refractivity contribution in [2.24, 2.45) is 0 Å². The lowest BCUT2D eigenvalue weighted by atomic mass is 9.96. The molecule has 0 aromatic carbocycles. The Kier molecular flexibility index (Phi) is 5.04. The summed E-state index contributed by atoms with van der Waals surface area (Å²) >= 11 is 0. The standard InChI is InChI=1S/C18H25N3O3/c1-13-11-16(14(2)24-13)18(22)21-7-4-5-15(12-21)17-19-6-8-20(17)9-10-23-3/h6,8,11,15H,4-5,7,9-10,12H2,1-3H3. The number of imidazole rings is 1. The quantitative estimate of drug-likeness (QED) is 0.845. The van der Waals surface area contributed by atoms with E-state index in [0.29, 0.717) is 24.5 Å². The molecule has 2 aromatic heterocycles. The number of carbonyl (C=O) groups is 1. The summed E-state index contributed by atoms with van der Waals surface area (Å²) in [5.74, 6) is 2.84. The van der Waals surface area contributed by atoms with Crippen LogP contribution < -0.4 is 0 Å². The zero-order valence-corrected chi connectivity index (χ0v) is 14.6. The SMILES string of the molecule is COCCn1ccnc1C1CCCN(C(=O)c2cc(C)oc2C)C1. The minimum atomic E-state index is 0.0593. The van der Waals surface area contributed by atoms with Gasteiger partial charge >= 0.3 is 0 Å². The van der Waals surface area contributed by atoms with Gasteiger partial charge in [-0.25, -0.2) is 4.98 Å². The van der Waals surface area contributed by atoms with Gasteiger partial charge in [0.05, 0.1) is 12.2 Å². The third-order valence-electron chi connectivity index (χ3n) is 4.63. The van der Waals surface area contributed by atoms with E-state index < -0.39 is 0 Å². The number of aryl methyl sites for hydroxylation is 2. The maximum atomic E-state index is 12.8. The lowest BCUT2D eigenvalue weighted by Gasteiger charge is -2.32. The number of rotatable bonds is 5. The number of ether oxygens (including phenoxy) is 1. The molecule has 3 rings (SSSR count). The fourth-order valence-electron chi connectivity index (χ4n) is 3.45.